The minimum Gasteiger partial charge on any atom is -0.325 e. The summed E-state index contributed by atoms with van der Waals surface area (Å²) in [5, 5.41) is 10.2. The minimum atomic E-state index is -4.67. The second-order valence-corrected chi connectivity index (χ2v) is 11.1. The van der Waals surface area contributed by atoms with E-state index < -0.39 is 17.9 Å². The summed E-state index contributed by atoms with van der Waals surface area (Å²) >= 11 is 6.24. The lowest BCUT2D eigenvalue weighted by Gasteiger charge is -2.23. The number of anilines is 1. The SMILES string of the molecule is C[C@@H]1CCC[C@H](n2cnc(-c3cc(Cl)ccc3-n3cc(C(F)(F)F)nn3)cc2=O)c2cncc(c2)-c2ccccc2NC1=O. The molecule has 1 aliphatic rings. The first-order valence-corrected chi connectivity index (χ1v) is 14.2. The van der Waals surface area contributed by atoms with Gasteiger partial charge in [-0.15, -0.1) is 5.10 Å². The molecule has 2 atom stereocenters. The van der Waals surface area contributed by atoms with Crippen LogP contribution >= 0.6 is 11.6 Å². The molecular formula is C31H25ClF3N7O2. The van der Waals surface area contributed by atoms with Gasteiger partial charge in [0, 0.05) is 51.8 Å². The number of pyridine rings is 1. The van der Waals surface area contributed by atoms with Crippen molar-refractivity contribution in [3.05, 3.63) is 106 Å². The first kappa shape index (κ1) is 29.2. The predicted octanol–water partition coefficient (Wildman–Crippen LogP) is 6.57. The van der Waals surface area contributed by atoms with E-state index in [0.717, 1.165) is 27.6 Å². The zero-order valence-corrected chi connectivity index (χ0v) is 24.0. The van der Waals surface area contributed by atoms with Gasteiger partial charge in [0.05, 0.1) is 29.9 Å². The van der Waals surface area contributed by atoms with Crippen LogP contribution in [0.15, 0.2) is 84.3 Å². The van der Waals surface area contributed by atoms with Crippen molar-refractivity contribution in [1.82, 2.24) is 29.5 Å². The van der Waals surface area contributed by atoms with Crippen LogP contribution in [0, 0.1) is 5.92 Å². The zero-order chi connectivity index (χ0) is 31.0. The Balaban J connectivity index is 1.42. The Bertz CT molecular complexity index is 1920. The average molecular weight is 620 g/mol. The smallest absolute Gasteiger partial charge is 0.325 e. The number of para-hydroxylation sites is 1. The standard InChI is InChI=1S/C31H25ClF3N7O2/c1-18-5-4-8-26(20-11-19(14-36-15-20)22-6-2-3-7-24(22)38-30(18)44)41-17-37-25(13-29(41)43)23-12-21(32)9-10-27(23)42-16-28(39-40-42)31(33,34)35/h2-3,6-7,9-18,26H,4-5,8H2,1H3,(H,38,44)/t18-,26+/m1/s1. The van der Waals surface area contributed by atoms with Gasteiger partial charge in [0.25, 0.3) is 5.56 Å². The molecule has 224 valence electrons. The number of fused-ring (bicyclic) bond motifs is 4. The van der Waals surface area contributed by atoms with Crippen LogP contribution in [0.25, 0.3) is 28.1 Å². The summed E-state index contributed by atoms with van der Waals surface area (Å²) < 4.78 is 42.1. The molecule has 13 heteroatoms. The number of nitrogens with one attached hydrogen (secondary N) is 1. The first-order chi connectivity index (χ1) is 21.1. The van der Waals surface area contributed by atoms with Gasteiger partial charge in [0.2, 0.25) is 5.91 Å². The highest BCUT2D eigenvalue weighted by molar-refractivity contribution is 6.31. The zero-order valence-electron chi connectivity index (χ0n) is 23.3. The van der Waals surface area contributed by atoms with E-state index >= 15 is 0 Å². The molecule has 0 saturated heterocycles. The Hall–Kier alpha value is -4.84. The molecule has 0 spiro atoms. The van der Waals surface area contributed by atoms with Crippen LogP contribution in [0.3, 0.4) is 0 Å². The van der Waals surface area contributed by atoms with Crippen molar-refractivity contribution < 1.29 is 18.0 Å². The fourth-order valence-corrected chi connectivity index (χ4v) is 5.49. The average Bonchev–Trinajstić information content (AvgIpc) is 3.51. The lowest BCUT2D eigenvalue weighted by atomic mass is 9.94. The Labute approximate surface area is 254 Å². The maximum Gasteiger partial charge on any atom is 0.436 e. The van der Waals surface area contributed by atoms with Crippen LogP contribution in [0.2, 0.25) is 5.02 Å². The summed E-state index contributed by atoms with van der Waals surface area (Å²) in [5.74, 6) is -0.346. The third kappa shape index (κ3) is 5.85. The van der Waals surface area contributed by atoms with E-state index in [1.54, 1.807) is 12.4 Å². The van der Waals surface area contributed by atoms with Gasteiger partial charge < -0.3 is 5.32 Å². The van der Waals surface area contributed by atoms with Gasteiger partial charge in [0.1, 0.15) is 0 Å². The molecule has 44 heavy (non-hydrogen) atoms. The Morgan fingerprint density at radius 1 is 1.00 bits per heavy atom. The summed E-state index contributed by atoms with van der Waals surface area (Å²) in [6, 6.07) is 14.8. The van der Waals surface area contributed by atoms with Crippen molar-refractivity contribution in [2.75, 3.05) is 5.32 Å². The fraction of sp³-hybridized carbons (Fsp3) is 0.226. The highest BCUT2D eigenvalue weighted by Crippen LogP contribution is 2.34. The number of alkyl halides is 3. The Kier molecular flexibility index (Phi) is 7.76. The predicted molar refractivity (Wildman–Crippen MR) is 158 cm³/mol. The van der Waals surface area contributed by atoms with E-state index in [-0.39, 0.29) is 28.8 Å². The van der Waals surface area contributed by atoms with Crippen molar-refractivity contribution in [2.24, 2.45) is 5.92 Å². The normalized spacial score (nSPS) is 17.2. The highest BCUT2D eigenvalue weighted by atomic mass is 35.5. The van der Waals surface area contributed by atoms with Gasteiger partial charge in [-0.05, 0) is 48.7 Å². The second-order valence-electron chi connectivity index (χ2n) is 10.6. The summed E-state index contributed by atoms with van der Waals surface area (Å²) in [4.78, 5) is 35.6. The van der Waals surface area contributed by atoms with E-state index in [9.17, 15) is 22.8 Å². The summed E-state index contributed by atoms with van der Waals surface area (Å²) in [6.45, 7) is 1.87. The maximum atomic E-state index is 13.7. The van der Waals surface area contributed by atoms with Crippen molar-refractivity contribution in [3.63, 3.8) is 0 Å². The number of aromatic nitrogens is 6. The van der Waals surface area contributed by atoms with Crippen LogP contribution in [0.4, 0.5) is 18.9 Å². The number of carbonyl (C=O) groups is 1. The molecule has 0 fully saturated rings. The third-order valence-electron chi connectivity index (χ3n) is 7.64. The minimum absolute atomic E-state index is 0.0889. The summed E-state index contributed by atoms with van der Waals surface area (Å²) in [5.41, 5.74) is 2.23. The number of halogens is 4. The van der Waals surface area contributed by atoms with E-state index in [2.05, 4.69) is 25.6 Å². The fourth-order valence-electron chi connectivity index (χ4n) is 5.32. The lowest BCUT2D eigenvalue weighted by molar-refractivity contribution is -0.141. The van der Waals surface area contributed by atoms with Crippen LogP contribution in [0.1, 0.15) is 43.5 Å². The van der Waals surface area contributed by atoms with Gasteiger partial charge in [-0.25, -0.2) is 9.67 Å². The topological polar surface area (TPSA) is 108 Å². The van der Waals surface area contributed by atoms with Gasteiger partial charge in [0.15, 0.2) is 5.69 Å². The van der Waals surface area contributed by atoms with Crippen LogP contribution in [0.5, 0.6) is 0 Å². The molecule has 0 aliphatic carbocycles. The van der Waals surface area contributed by atoms with Crippen molar-refractivity contribution in [3.8, 4) is 28.1 Å². The first-order valence-electron chi connectivity index (χ1n) is 13.8. The van der Waals surface area contributed by atoms with Gasteiger partial charge in [-0.3, -0.25) is 19.1 Å². The van der Waals surface area contributed by atoms with Crippen molar-refractivity contribution >= 4 is 23.2 Å². The van der Waals surface area contributed by atoms with Crippen LogP contribution < -0.4 is 10.9 Å². The Morgan fingerprint density at radius 2 is 1.82 bits per heavy atom. The molecule has 1 N–H and O–H groups in total. The van der Waals surface area contributed by atoms with E-state index in [1.807, 2.05) is 37.3 Å². The third-order valence-corrected chi connectivity index (χ3v) is 7.87. The molecule has 4 heterocycles. The number of carbonyl (C=O) groups excluding carboxylic acids is 1. The number of hydrogen-bond donors (Lipinski definition) is 1. The van der Waals surface area contributed by atoms with E-state index in [0.29, 0.717) is 35.5 Å². The molecule has 1 aliphatic heterocycles. The molecule has 2 aromatic carbocycles. The largest absolute Gasteiger partial charge is 0.436 e. The van der Waals surface area contributed by atoms with Crippen molar-refractivity contribution in [2.45, 2.75) is 38.4 Å². The van der Waals surface area contributed by atoms with Gasteiger partial charge >= 0.3 is 6.18 Å². The van der Waals surface area contributed by atoms with Gasteiger partial charge in [-0.1, -0.05) is 48.4 Å². The molecule has 0 radical (unpaired) electrons. The van der Waals surface area contributed by atoms with E-state index in [4.69, 9.17) is 11.6 Å². The molecule has 1 amide bonds. The summed E-state index contributed by atoms with van der Waals surface area (Å²) in [6.07, 6.45) is 2.70. The molecule has 6 rings (SSSR count). The van der Waals surface area contributed by atoms with Gasteiger partial charge in [-0.2, -0.15) is 13.2 Å². The second kappa shape index (κ2) is 11.7. The number of benzene rings is 2. The molecular weight excluding hydrogens is 595 g/mol. The lowest BCUT2D eigenvalue weighted by Crippen LogP contribution is -2.26. The monoisotopic (exact) mass is 619 g/mol. The molecule has 3 aromatic heterocycles. The molecule has 0 saturated carbocycles. The number of rotatable bonds is 3. The molecule has 9 nitrogen and oxygen atoms in total. The molecule has 5 aromatic rings. The quantitative estimate of drug-likeness (QED) is 0.245. The highest BCUT2D eigenvalue weighted by Gasteiger charge is 2.35. The van der Waals surface area contributed by atoms with E-state index in [1.165, 1.54) is 35.2 Å². The Morgan fingerprint density at radius 3 is 2.59 bits per heavy atom. The molecule has 0 unspecified atom stereocenters. The summed E-state index contributed by atoms with van der Waals surface area (Å²) in [7, 11) is 0. The van der Waals surface area contributed by atoms with Crippen LogP contribution in [-0.4, -0.2) is 35.4 Å². The number of hydrogen-bond acceptors (Lipinski definition) is 6. The molecule has 2 bridgehead atoms. The number of nitrogens with zero attached hydrogens (tertiary/aromatic N) is 6. The maximum absolute atomic E-state index is 13.7. The van der Waals surface area contributed by atoms with Crippen LogP contribution in [-0.2, 0) is 11.0 Å². The van der Waals surface area contributed by atoms with Crippen molar-refractivity contribution in [1.29, 1.82) is 0 Å². The number of amides is 1.